The van der Waals surface area contributed by atoms with E-state index in [-0.39, 0.29) is 24.7 Å². The molecule has 0 spiro atoms. The number of para-hydroxylation sites is 2. The predicted octanol–water partition coefficient (Wildman–Crippen LogP) is 7.64. The van der Waals surface area contributed by atoms with Gasteiger partial charge in [0.2, 0.25) is 0 Å². The maximum absolute atomic E-state index is 13.6. The van der Waals surface area contributed by atoms with Gasteiger partial charge in [-0.3, -0.25) is 0 Å². The molecule has 3 aromatic carbocycles. The van der Waals surface area contributed by atoms with Crippen LogP contribution >= 0.6 is 0 Å². The van der Waals surface area contributed by atoms with Gasteiger partial charge in [-0.15, -0.1) is 0 Å². The van der Waals surface area contributed by atoms with E-state index in [0.717, 1.165) is 34.4 Å². The number of halogens is 6. The highest BCUT2D eigenvalue weighted by Crippen LogP contribution is 2.39. The maximum atomic E-state index is 13.6. The molecule has 2 aliphatic heterocycles. The van der Waals surface area contributed by atoms with E-state index in [1.807, 2.05) is 24.3 Å². The summed E-state index contributed by atoms with van der Waals surface area (Å²) in [6, 6.07) is 13.9. The number of ether oxygens (including phenoxy) is 2. The van der Waals surface area contributed by atoms with Crippen molar-refractivity contribution in [3.8, 4) is 11.5 Å². The summed E-state index contributed by atoms with van der Waals surface area (Å²) < 4.78 is 93.4. The minimum absolute atomic E-state index is 0.121. The van der Waals surface area contributed by atoms with Crippen LogP contribution in [0, 0.1) is 0 Å². The van der Waals surface area contributed by atoms with E-state index in [9.17, 15) is 26.3 Å². The molecule has 0 radical (unpaired) electrons. The molecule has 0 atom stereocenters. The summed E-state index contributed by atoms with van der Waals surface area (Å²) in [4.78, 5) is 0. The van der Waals surface area contributed by atoms with Gasteiger partial charge in [0, 0.05) is 13.1 Å². The summed E-state index contributed by atoms with van der Waals surface area (Å²) >= 11 is 0. The van der Waals surface area contributed by atoms with Gasteiger partial charge in [0.25, 0.3) is 0 Å². The minimum Gasteiger partial charge on any atom is -0.488 e. The van der Waals surface area contributed by atoms with Gasteiger partial charge < -0.3 is 20.1 Å². The van der Waals surface area contributed by atoms with Crippen molar-refractivity contribution in [2.75, 3.05) is 26.2 Å². The molecule has 0 amide bonds. The zero-order chi connectivity index (χ0) is 29.7. The molecule has 222 valence electrons. The number of nitrogens with one attached hydrogen (secondary N) is 2. The molecule has 0 fully saturated rings. The van der Waals surface area contributed by atoms with Crippen molar-refractivity contribution in [2.24, 2.45) is 0 Å². The molecule has 0 aromatic heterocycles. The number of hydrogen-bond acceptors (Lipinski definition) is 4. The highest BCUT2D eigenvalue weighted by molar-refractivity contribution is 5.76. The van der Waals surface area contributed by atoms with E-state index in [0.29, 0.717) is 50.1 Å². The van der Waals surface area contributed by atoms with Crippen LogP contribution in [0.1, 0.15) is 46.2 Å². The van der Waals surface area contributed by atoms with Crippen molar-refractivity contribution in [3.63, 3.8) is 0 Å². The van der Waals surface area contributed by atoms with Crippen molar-refractivity contribution in [2.45, 2.75) is 38.4 Å². The molecule has 3 aromatic rings. The first-order chi connectivity index (χ1) is 20.1. The molecule has 0 saturated heterocycles. The summed E-state index contributed by atoms with van der Waals surface area (Å²) in [5, 5.41) is 6.50. The lowest BCUT2D eigenvalue weighted by Crippen LogP contribution is -2.22. The van der Waals surface area contributed by atoms with E-state index >= 15 is 0 Å². The predicted molar refractivity (Wildman–Crippen MR) is 149 cm³/mol. The fourth-order valence-electron chi connectivity index (χ4n) is 5.22. The smallest absolute Gasteiger partial charge is 0.419 e. The minimum atomic E-state index is -4.57. The number of benzene rings is 3. The molecule has 5 rings (SSSR count). The molecule has 2 N–H and O–H groups in total. The van der Waals surface area contributed by atoms with Crippen LogP contribution in [0.2, 0.25) is 0 Å². The zero-order valence-electron chi connectivity index (χ0n) is 22.7. The molecule has 0 aliphatic carbocycles. The summed E-state index contributed by atoms with van der Waals surface area (Å²) in [6.07, 6.45) is -3.77. The van der Waals surface area contributed by atoms with Crippen LogP contribution in [0.3, 0.4) is 0 Å². The topological polar surface area (TPSA) is 42.5 Å². The van der Waals surface area contributed by atoms with Crippen LogP contribution < -0.4 is 20.1 Å². The Morgan fingerprint density at radius 2 is 1.00 bits per heavy atom. The van der Waals surface area contributed by atoms with Crippen LogP contribution in [0.5, 0.6) is 11.5 Å². The Bertz CT molecular complexity index is 1370. The summed E-state index contributed by atoms with van der Waals surface area (Å²) in [7, 11) is 0. The molecular formula is C32H30F6N2O2. The lowest BCUT2D eigenvalue weighted by Gasteiger charge is -2.24. The summed E-state index contributed by atoms with van der Waals surface area (Å²) in [5.74, 6) is -0.539. The van der Waals surface area contributed by atoms with Gasteiger partial charge in [-0.1, -0.05) is 36.4 Å². The number of alkyl halides is 6. The zero-order valence-corrected chi connectivity index (χ0v) is 22.7. The summed E-state index contributed by atoms with van der Waals surface area (Å²) in [5.41, 5.74) is 3.19. The highest BCUT2D eigenvalue weighted by atomic mass is 19.4. The lowest BCUT2D eigenvalue weighted by molar-refractivity contribution is -0.139. The Morgan fingerprint density at radius 3 is 1.36 bits per heavy atom. The molecule has 10 heteroatoms. The van der Waals surface area contributed by atoms with Crippen LogP contribution in [-0.4, -0.2) is 26.2 Å². The van der Waals surface area contributed by atoms with Gasteiger partial charge in [0.15, 0.2) is 0 Å². The van der Waals surface area contributed by atoms with Crippen molar-refractivity contribution >= 4 is 11.1 Å². The Kier molecular flexibility index (Phi) is 8.93. The van der Waals surface area contributed by atoms with Gasteiger partial charge in [0.05, 0.1) is 11.1 Å². The first-order valence-corrected chi connectivity index (χ1v) is 13.7. The molecule has 2 aliphatic rings. The van der Waals surface area contributed by atoms with E-state index in [1.165, 1.54) is 36.4 Å². The SMILES string of the molecule is FC(F)(F)c1ccccc1OCc1cc(C2=CCNCC2)c(COc2ccccc2C(F)(F)F)cc1C1=CCNCC1. The highest BCUT2D eigenvalue weighted by Gasteiger charge is 2.35. The fourth-order valence-corrected chi connectivity index (χ4v) is 5.22. The largest absolute Gasteiger partial charge is 0.488 e. The third-order valence-corrected chi connectivity index (χ3v) is 7.30. The van der Waals surface area contributed by atoms with Gasteiger partial charge in [-0.2, -0.15) is 26.3 Å². The molecular weight excluding hydrogens is 558 g/mol. The first-order valence-electron chi connectivity index (χ1n) is 13.7. The third-order valence-electron chi connectivity index (χ3n) is 7.30. The van der Waals surface area contributed by atoms with Crippen LogP contribution in [0.4, 0.5) is 26.3 Å². The van der Waals surface area contributed by atoms with Crippen LogP contribution in [-0.2, 0) is 25.6 Å². The first kappa shape index (κ1) is 29.7. The van der Waals surface area contributed by atoms with Gasteiger partial charge >= 0.3 is 12.4 Å². The Hall–Kier alpha value is -3.76. The molecule has 42 heavy (non-hydrogen) atoms. The quantitative estimate of drug-likeness (QED) is 0.266. The van der Waals surface area contributed by atoms with Crippen molar-refractivity contribution < 1.29 is 35.8 Å². The van der Waals surface area contributed by atoms with Crippen LogP contribution in [0.15, 0.2) is 72.8 Å². The average Bonchev–Trinajstić information content (AvgIpc) is 2.99. The lowest BCUT2D eigenvalue weighted by atomic mass is 9.87. The van der Waals surface area contributed by atoms with Gasteiger partial charge in [0.1, 0.15) is 24.7 Å². The fraction of sp³-hybridized carbons (Fsp3) is 0.312. The van der Waals surface area contributed by atoms with Crippen LogP contribution in [0.25, 0.3) is 11.1 Å². The average molecular weight is 589 g/mol. The second kappa shape index (κ2) is 12.6. The number of rotatable bonds is 8. The van der Waals surface area contributed by atoms with Crippen molar-refractivity contribution in [1.82, 2.24) is 10.6 Å². The normalized spacial score (nSPS) is 16.0. The van der Waals surface area contributed by atoms with Crippen molar-refractivity contribution in [3.05, 3.63) is 106 Å². The maximum Gasteiger partial charge on any atom is 0.419 e. The van der Waals surface area contributed by atoms with E-state index in [2.05, 4.69) is 10.6 Å². The molecule has 0 bridgehead atoms. The Balaban J connectivity index is 1.55. The summed E-state index contributed by atoms with van der Waals surface area (Å²) in [6.45, 7) is 2.43. The Morgan fingerprint density at radius 1 is 0.595 bits per heavy atom. The Labute approximate surface area is 240 Å². The van der Waals surface area contributed by atoms with Gasteiger partial charge in [-0.25, -0.2) is 0 Å². The molecule has 4 nitrogen and oxygen atoms in total. The van der Waals surface area contributed by atoms with E-state index < -0.39 is 23.5 Å². The molecule has 2 heterocycles. The van der Waals surface area contributed by atoms with E-state index in [4.69, 9.17) is 9.47 Å². The number of hydrogen-bond donors (Lipinski definition) is 2. The monoisotopic (exact) mass is 588 g/mol. The molecule has 0 saturated carbocycles. The van der Waals surface area contributed by atoms with E-state index in [1.54, 1.807) is 0 Å². The molecule has 0 unspecified atom stereocenters. The van der Waals surface area contributed by atoms with Crippen molar-refractivity contribution in [1.29, 1.82) is 0 Å². The second-order valence-corrected chi connectivity index (χ2v) is 10.1. The second-order valence-electron chi connectivity index (χ2n) is 10.1. The van der Waals surface area contributed by atoms with Gasteiger partial charge in [-0.05, 0) is 95.7 Å². The standard InChI is InChI=1S/C32H30F6N2O2/c33-31(34,35)27-5-1-3-7-29(27)41-19-23-17-26(22-11-15-40-16-12-22)24(18-25(23)21-9-13-39-14-10-21)20-42-30-8-4-2-6-28(30)32(36,37)38/h1-9,11,17-18,39-40H,10,12-16,19-20H2. The third kappa shape index (κ3) is 6.99.